The number of hydrogen-bond acceptors (Lipinski definition) is 3. The van der Waals surface area contributed by atoms with Gasteiger partial charge in [0.2, 0.25) is 0 Å². The van der Waals surface area contributed by atoms with E-state index in [-0.39, 0.29) is 0 Å². The quantitative estimate of drug-likeness (QED) is 0.657. The molecule has 0 aliphatic heterocycles. The minimum Gasteiger partial charge on any atom is -0.274 e. The number of halogens is 1. The van der Waals surface area contributed by atoms with Crippen molar-refractivity contribution in [2.75, 3.05) is 13.6 Å². The lowest BCUT2D eigenvalue weighted by Crippen LogP contribution is -2.22. The molecule has 64 valence electrons. The molecular formula is C7H9ClN4. The van der Waals surface area contributed by atoms with Crippen LogP contribution in [0, 0.1) is 11.3 Å². The van der Waals surface area contributed by atoms with Crippen LogP contribution in [0.15, 0.2) is 12.4 Å². The van der Waals surface area contributed by atoms with Crippen LogP contribution >= 0.6 is 11.6 Å². The van der Waals surface area contributed by atoms with Crippen LogP contribution in [-0.4, -0.2) is 28.3 Å². The van der Waals surface area contributed by atoms with E-state index in [4.69, 9.17) is 16.9 Å². The molecule has 0 aliphatic rings. The van der Waals surface area contributed by atoms with Crippen molar-refractivity contribution in [1.82, 2.24) is 14.7 Å². The third-order valence-electron chi connectivity index (χ3n) is 1.33. The number of nitrogens with zero attached hydrogens (tertiary/aromatic N) is 4. The van der Waals surface area contributed by atoms with Gasteiger partial charge in [0.25, 0.3) is 0 Å². The van der Waals surface area contributed by atoms with Crippen LogP contribution in [0.5, 0.6) is 0 Å². The molecule has 1 rings (SSSR count). The third-order valence-corrected chi connectivity index (χ3v) is 1.52. The van der Waals surface area contributed by atoms with Crippen molar-refractivity contribution in [2.24, 2.45) is 0 Å². The average Bonchev–Trinajstić information content (AvgIpc) is 2.36. The molecule has 0 radical (unpaired) electrons. The van der Waals surface area contributed by atoms with Crippen LogP contribution in [0.4, 0.5) is 0 Å². The highest BCUT2D eigenvalue weighted by Crippen LogP contribution is 2.04. The molecule has 5 heteroatoms. The first-order valence-corrected chi connectivity index (χ1v) is 3.83. The number of nitriles is 1. The molecule has 0 amide bonds. The van der Waals surface area contributed by atoms with Crippen molar-refractivity contribution in [1.29, 1.82) is 5.26 Å². The van der Waals surface area contributed by atoms with Gasteiger partial charge in [0, 0.05) is 6.20 Å². The van der Waals surface area contributed by atoms with Gasteiger partial charge < -0.3 is 0 Å². The molecule has 0 bridgehead atoms. The highest BCUT2D eigenvalue weighted by atomic mass is 35.5. The lowest BCUT2D eigenvalue weighted by atomic mass is 10.6. The molecule has 1 aromatic heterocycles. The van der Waals surface area contributed by atoms with E-state index >= 15 is 0 Å². The lowest BCUT2D eigenvalue weighted by Gasteiger charge is -2.11. The van der Waals surface area contributed by atoms with Crippen molar-refractivity contribution in [3.05, 3.63) is 17.4 Å². The second-order valence-electron chi connectivity index (χ2n) is 2.51. The van der Waals surface area contributed by atoms with Crippen molar-refractivity contribution >= 4 is 11.6 Å². The second-order valence-corrected chi connectivity index (χ2v) is 2.95. The Bertz CT molecular complexity index is 288. The highest BCUT2D eigenvalue weighted by molar-refractivity contribution is 6.30. The van der Waals surface area contributed by atoms with Gasteiger partial charge in [-0.15, -0.1) is 0 Å². The van der Waals surface area contributed by atoms with Gasteiger partial charge in [0.1, 0.15) is 0 Å². The molecule has 0 spiro atoms. The first-order valence-electron chi connectivity index (χ1n) is 3.46. The van der Waals surface area contributed by atoms with Gasteiger partial charge in [0.05, 0.1) is 30.5 Å². The molecule has 1 heterocycles. The molecule has 0 fully saturated rings. The molecule has 0 aromatic carbocycles. The number of hydrogen-bond donors (Lipinski definition) is 0. The summed E-state index contributed by atoms with van der Waals surface area (Å²) in [7, 11) is 1.85. The minimum atomic E-state index is 0.386. The number of rotatable bonds is 3. The summed E-state index contributed by atoms with van der Waals surface area (Å²) in [6, 6.07) is 2.05. The van der Waals surface area contributed by atoms with Gasteiger partial charge in [-0.2, -0.15) is 10.4 Å². The van der Waals surface area contributed by atoms with E-state index in [0.29, 0.717) is 18.2 Å². The summed E-state index contributed by atoms with van der Waals surface area (Å²) in [6.45, 7) is 0.970. The van der Waals surface area contributed by atoms with E-state index in [9.17, 15) is 0 Å². The number of aromatic nitrogens is 2. The van der Waals surface area contributed by atoms with Gasteiger partial charge in [-0.05, 0) is 7.05 Å². The second kappa shape index (κ2) is 4.10. The predicted molar refractivity (Wildman–Crippen MR) is 45.5 cm³/mol. The molecule has 4 nitrogen and oxygen atoms in total. The lowest BCUT2D eigenvalue weighted by molar-refractivity contribution is 0.282. The van der Waals surface area contributed by atoms with Gasteiger partial charge >= 0.3 is 0 Å². The fourth-order valence-electron chi connectivity index (χ4n) is 0.834. The zero-order valence-electron chi connectivity index (χ0n) is 6.74. The summed E-state index contributed by atoms with van der Waals surface area (Å²) in [5.41, 5.74) is 0. The first-order chi connectivity index (χ1) is 5.72. The Morgan fingerprint density at radius 1 is 1.83 bits per heavy atom. The maximum atomic E-state index is 8.37. The Kier molecular flexibility index (Phi) is 3.09. The van der Waals surface area contributed by atoms with E-state index in [2.05, 4.69) is 5.10 Å². The normalized spacial score (nSPS) is 10.2. The summed E-state index contributed by atoms with van der Waals surface area (Å²) in [5.74, 6) is 0. The Balaban J connectivity index is 2.47. The van der Waals surface area contributed by atoms with Crippen LogP contribution in [-0.2, 0) is 6.67 Å². The molecule has 12 heavy (non-hydrogen) atoms. The van der Waals surface area contributed by atoms with Crippen LogP contribution in [0.3, 0.4) is 0 Å². The van der Waals surface area contributed by atoms with Crippen LogP contribution < -0.4 is 0 Å². The molecule has 0 aliphatic carbocycles. The molecular weight excluding hydrogens is 176 g/mol. The molecule has 0 atom stereocenters. The zero-order valence-corrected chi connectivity index (χ0v) is 7.49. The van der Waals surface area contributed by atoms with Crippen molar-refractivity contribution in [3.8, 4) is 6.07 Å². The van der Waals surface area contributed by atoms with E-state index in [1.54, 1.807) is 17.1 Å². The largest absolute Gasteiger partial charge is 0.274 e. The van der Waals surface area contributed by atoms with E-state index < -0.39 is 0 Å². The summed E-state index contributed by atoms with van der Waals surface area (Å²) in [4.78, 5) is 1.84. The minimum absolute atomic E-state index is 0.386. The van der Waals surface area contributed by atoms with Crippen molar-refractivity contribution in [3.63, 3.8) is 0 Å². The average molecular weight is 185 g/mol. The van der Waals surface area contributed by atoms with Crippen molar-refractivity contribution < 1.29 is 0 Å². The predicted octanol–water partition coefficient (Wildman–Crippen LogP) is 0.949. The van der Waals surface area contributed by atoms with Crippen molar-refractivity contribution in [2.45, 2.75) is 6.67 Å². The fourth-order valence-corrected chi connectivity index (χ4v) is 0.990. The van der Waals surface area contributed by atoms with Crippen LogP contribution in [0.2, 0.25) is 5.02 Å². The smallest absolute Gasteiger partial charge is 0.0935 e. The zero-order chi connectivity index (χ0) is 8.97. The van der Waals surface area contributed by atoms with Crippen LogP contribution in [0.25, 0.3) is 0 Å². The van der Waals surface area contributed by atoms with Gasteiger partial charge in [-0.25, -0.2) is 0 Å². The molecule has 0 saturated carbocycles. The third kappa shape index (κ3) is 2.53. The first kappa shape index (κ1) is 9.04. The van der Waals surface area contributed by atoms with Gasteiger partial charge in [-0.1, -0.05) is 11.6 Å². The molecule has 0 unspecified atom stereocenters. The topological polar surface area (TPSA) is 44.9 Å². The Morgan fingerprint density at radius 2 is 2.58 bits per heavy atom. The maximum absolute atomic E-state index is 8.37. The summed E-state index contributed by atoms with van der Waals surface area (Å²) >= 11 is 5.65. The Hall–Kier alpha value is -1.05. The summed E-state index contributed by atoms with van der Waals surface area (Å²) < 4.78 is 1.68. The van der Waals surface area contributed by atoms with Gasteiger partial charge in [-0.3, -0.25) is 9.58 Å². The highest BCUT2D eigenvalue weighted by Gasteiger charge is 1.99. The molecule has 0 saturated heterocycles. The molecule has 1 aromatic rings. The van der Waals surface area contributed by atoms with Gasteiger partial charge in [0.15, 0.2) is 0 Å². The Morgan fingerprint density at radius 3 is 3.08 bits per heavy atom. The fraction of sp³-hybridized carbons (Fsp3) is 0.429. The monoisotopic (exact) mass is 184 g/mol. The summed E-state index contributed by atoms with van der Waals surface area (Å²) in [6.07, 6.45) is 3.29. The summed E-state index contributed by atoms with van der Waals surface area (Å²) in [5, 5.41) is 13.0. The Labute approximate surface area is 76.0 Å². The molecule has 0 N–H and O–H groups in total. The van der Waals surface area contributed by atoms with E-state index in [1.165, 1.54) is 0 Å². The van der Waals surface area contributed by atoms with Crippen LogP contribution in [0.1, 0.15) is 0 Å². The van der Waals surface area contributed by atoms with E-state index in [0.717, 1.165) is 0 Å². The SMILES string of the molecule is CN(CC#N)Cn1cc(Cl)cn1. The maximum Gasteiger partial charge on any atom is 0.0935 e. The van der Waals surface area contributed by atoms with E-state index in [1.807, 2.05) is 18.0 Å². The standard InChI is InChI=1S/C7H9ClN4/c1-11(3-2-9)6-12-5-7(8)4-10-12/h4-5H,3,6H2,1H3.